The second-order valence-electron chi connectivity index (χ2n) is 15.4. The van der Waals surface area contributed by atoms with Gasteiger partial charge in [-0.25, -0.2) is 4.79 Å². The van der Waals surface area contributed by atoms with Crippen LogP contribution in [0.3, 0.4) is 0 Å². The van der Waals surface area contributed by atoms with Gasteiger partial charge in [-0.2, -0.15) is 0 Å². The van der Waals surface area contributed by atoms with Gasteiger partial charge in [0.05, 0.1) is 18.8 Å². The first-order valence-corrected chi connectivity index (χ1v) is 21.8. The fourth-order valence-corrected chi connectivity index (χ4v) is 6.72. The van der Waals surface area contributed by atoms with Crippen LogP contribution in [0, 0.1) is 0 Å². The highest BCUT2D eigenvalue weighted by molar-refractivity contribution is 5.96. The van der Waals surface area contributed by atoms with Crippen LogP contribution in [0.5, 0.6) is 0 Å². The van der Waals surface area contributed by atoms with Crippen LogP contribution in [0.25, 0.3) is 0 Å². The SMILES string of the molecule is CCCCCCCCCCCCCCCC(=O)N[C@@H](CCCCN)C(=O)N(CCC)[C@H](C(=O)N[C@H](C(=O)N[C@@H](CCCN)C(=O)N[C@@H](CO)C(=O)O)[C@@H](C)O)[C@@H](C)O. The van der Waals surface area contributed by atoms with Crippen molar-refractivity contribution >= 4 is 35.5 Å². The Morgan fingerprint density at radius 1 is 0.569 bits per heavy atom. The Balaban J connectivity index is 5.74. The summed E-state index contributed by atoms with van der Waals surface area (Å²) in [5.74, 6) is -5.29. The molecular weight excluding hydrogens is 750 g/mol. The summed E-state index contributed by atoms with van der Waals surface area (Å²) >= 11 is 0. The third-order valence-corrected chi connectivity index (χ3v) is 10.1. The normalized spacial score (nSPS) is 14.9. The van der Waals surface area contributed by atoms with E-state index in [4.69, 9.17) is 11.5 Å². The number of carbonyl (C=O) groups excluding carboxylic acids is 5. The molecule has 0 aliphatic rings. The van der Waals surface area contributed by atoms with Gasteiger partial charge in [-0.1, -0.05) is 90.9 Å². The van der Waals surface area contributed by atoms with Gasteiger partial charge in [0, 0.05) is 13.0 Å². The molecule has 0 unspecified atom stereocenters. The summed E-state index contributed by atoms with van der Waals surface area (Å²) in [4.78, 5) is 80.1. The molecule has 12 N–H and O–H groups in total. The quantitative estimate of drug-likeness (QED) is 0.0404. The van der Waals surface area contributed by atoms with E-state index >= 15 is 0 Å². The maximum atomic E-state index is 14.2. The minimum absolute atomic E-state index is 0.0203. The van der Waals surface area contributed by atoms with Crippen LogP contribution in [0.15, 0.2) is 0 Å². The Morgan fingerprint density at radius 2 is 1.09 bits per heavy atom. The van der Waals surface area contributed by atoms with Crippen LogP contribution in [0.1, 0.15) is 156 Å². The van der Waals surface area contributed by atoms with Crippen LogP contribution in [-0.4, -0.2) is 129 Å². The number of hydrogen-bond acceptors (Lipinski definition) is 11. The van der Waals surface area contributed by atoms with E-state index in [-0.39, 0.29) is 44.7 Å². The lowest BCUT2D eigenvalue weighted by Crippen LogP contribution is -2.63. The molecule has 338 valence electrons. The summed E-state index contributed by atoms with van der Waals surface area (Å²) in [6.07, 6.45) is 14.4. The highest BCUT2D eigenvalue weighted by Gasteiger charge is 2.39. The van der Waals surface area contributed by atoms with Crippen molar-refractivity contribution < 1.29 is 49.2 Å². The molecule has 0 aromatic rings. The fourth-order valence-electron chi connectivity index (χ4n) is 6.72. The van der Waals surface area contributed by atoms with Crippen LogP contribution < -0.4 is 32.7 Å². The number of rotatable bonds is 36. The van der Waals surface area contributed by atoms with Gasteiger partial charge in [0.1, 0.15) is 30.2 Å². The Morgan fingerprint density at radius 3 is 1.55 bits per heavy atom. The number of nitrogens with two attached hydrogens (primary N) is 2. The zero-order valence-electron chi connectivity index (χ0n) is 35.9. The topological polar surface area (TPSA) is 287 Å². The molecule has 5 amide bonds. The molecule has 0 heterocycles. The zero-order valence-corrected chi connectivity index (χ0v) is 35.9. The van der Waals surface area contributed by atoms with Crippen molar-refractivity contribution in [3.05, 3.63) is 0 Å². The second kappa shape index (κ2) is 33.5. The molecule has 0 bridgehead atoms. The van der Waals surface area contributed by atoms with Crippen molar-refractivity contribution in [2.75, 3.05) is 26.2 Å². The summed E-state index contributed by atoms with van der Waals surface area (Å²) in [6.45, 7) is 6.15. The van der Waals surface area contributed by atoms with Crippen molar-refractivity contribution in [3.63, 3.8) is 0 Å². The Labute approximate surface area is 346 Å². The molecule has 0 aliphatic carbocycles. The molecule has 0 aromatic carbocycles. The Kier molecular flexibility index (Phi) is 31.5. The number of nitrogens with zero attached hydrogens (tertiary/aromatic N) is 1. The predicted molar refractivity (Wildman–Crippen MR) is 223 cm³/mol. The van der Waals surface area contributed by atoms with Crippen molar-refractivity contribution in [2.24, 2.45) is 11.5 Å². The van der Waals surface area contributed by atoms with Crippen molar-refractivity contribution in [1.82, 2.24) is 26.2 Å². The zero-order chi connectivity index (χ0) is 43.9. The van der Waals surface area contributed by atoms with Crippen LogP contribution in [0.4, 0.5) is 0 Å². The summed E-state index contributed by atoms with van der Waals surface area (Å²) in [7, 11) is 0. The van der Waals surface area contributed by atoms with E-state index in [9.17, 15) is 49.2 Å². The highest BCUT2D eigenvalue weighted by atomic mass is 16.4. The number of carboxylic acids is 1. The molecule has 58 heavy (non-hydrogen) atoms. The summed E-state index contributed by atoms with van der Waals surface area (Å²) in [5, 5.41) is 49.9. The number of aliphatic carboxylic acids is 1. The average molecular weight is 830 g/mol. The largest absolute Gasteiger partial charge is 0.480 e. The van der Waals surface area contributed by atoms with Crippen molar-refractivity contribution in [3.8, 4) is 0 Å². The number of amides is 5. The van der Waals surface area contributed by atoms with Gasteiger partial charge in [-0.3, -0.25) is 24.0 Å². The number of hydrogen-bond donors (Lipinski definition) is 10. The van der Waals surface area contributed by atoms with Crippen LogP contribution >= 0.6 is 0 Å². The minimum atomic E-state index is -1.67. The molecule has 0 radical (unpaired) electrons. The maximum absolute atomic E-state index is 14.2. The fraction of sp³-hybridized carbons (Fsp3) is 0.854. The van der Waals surface area contributed by atoms with Crippen LogP contribution in [0.2, 0.25) is 0 Å². The van der Waals surface area contributed by atoms with Crippen molar-refractivity contribution in [2.45, 2.75) is 199 Å². The third kappa shape index (κ3) is 23.3. The lowest BCUT2D eigenvalue weighted by Gasteiger charge is -2.36. The number of aliphatic hydroxyl groups is 3. The molecule has 7 atom stereocenters. The van der Waals surface area contributed by atoms with E-state index in [0.717, 1.165) is 19.3 Å². The van der Waals surface area contributed by atoms with E-state index in [0.29, 0.717) is 32.2 Å². The smallest absolute Gasteiger partial charge is 0.328 e. The first-order valence-electron chi connectivity index (χ1n) is 21.8. The number of unbranched alkanes of at least 4 members (excludes halogenated alkanes) is 13. The van der Waals surface area contributed by atoms with Crippen LogP contribution in [-0.2, 0) is 28.8 Å². The molecule has 0 fully saturated rings. The number of nitrogens with one attached hydrogen (secondary N) is 4. The molecule has 0 aromatic heterocycles. The number of aliphatic hydroxyl groups excluding tert-OH is 3. The molecule has 17 nitrogen and oxygen atoms in total. The van der Waals surface area contributed by atoms with Gasteiger partial charge in [0.25, 0.3) is 0 Å². The van der Waals surface area contributed by atoms with E-state index in [1.165, 1.54) is 76.5 Å². The lowest BCUT2D eigenvalue weighted by atomic mass is 10.0. The predicted octanol–water partition coefficient (Wildman–Crippen LogP) is 1.72. The average Bonchev–Trinajstić information content (AvgIpc) is 3.17. The van der Waals surface area contributed by atoms with E-state index in [1.807, 2.05) is 0 Å². The number of carbonyl (C=O) groups is 6. The highest BCUT2D eigenvalue weighted by Crippen LogP contribution is 2.16. The van der Waals surface area contributed by atoms with Gasteiger partial charge < -0.3 is 58.1 Å². The van der Waals surface area contributed by atoms with E-state index in [2.05, 4.69) is 28.2 Å². The Hall–Kier alpha value is -3.38. The third-order valence-electron chi connectivity index (χ3n) is 10.1. The second-order valence-corrected chi connectivity index (χ2v) is 15.4. The molecule has 0 saturated carbocycles. The summed E-state index contributed by atoms with van der Waals surface area (Å²) < 4.78 is 0. The van der Waals surface area contributed by atoms with Gasteiger partial charge in [-0.15, -0.1) is 0 Å². The Bertz CT molecular complexity index is 1180. The minimum Gasteiger partial charge on any atom is -0.480 e. The first kappa shape index (κ1) is 54.6. The van der Waals surface area contributed by atoms with Gasteiger partial charge in [0.15, 0.2) is 0 Å². The van der Waals surface area contributed by atoms with Gasteiger partial charge >= 0.3 is 5.97 Å². The number of carboxylic acid groups (broad SMARTS) is 1. The molecule has 0 saturated heterocycles. The summed E-state index contributed by atoms with van der Waals surface area (Å²) in [6, 6.07) is -7.20. The standard InChI is InChI=1S/C41H79N7O10/c1-5-7-8-9-10-11-12-13-14-15-16-17-18-24-34(52)44-32(22-19-20-25-42)40(56)48(27-6-2)36(30(4)51)39(55)47-35(29(3)50)38(54)45-31(23-21-26-43)37(53)46-33(28-49)41(57)58/h29-33,35-36,49-51H,5-28,42-43H2,1-4H3,(H,44,52)(H,45,54)(H,46,53)(H,47,55)(H,57,58)/t29-,30-,31+,32+,33+,35+,36+/m1/s1. The maximum Gasteiger partial charge on any atom is 0.328 e. The van der Waals surface area contributed by atoms with E-state index < -0.39 is 78.6 Å². The monoisotopic (exact) mass is 830 g/mol. The molecular formula is C41H79N7O10. The first-order chi connectivity index (χ1) is 27.7. The van der Waals surface area contributed by atoms with E-state index in [1.54, 1.807) is 6.92 Å². The molecule has 17 heteroatoms. The lowest BCUT2D eigenvalue weighted by molar-refractivity contribution is -0.148. The summed E-state index contributed by atoms with van der Waals surface area (Å²) in [5.41, 5.74) is 11.3. The molecule has 0 spiro atoms. The molecule has 0 aliphatic heterocycles. The van der Waals surface area contributed by atoms with Gasteiger partial charge in [-0.05, 0) is 71.9 Å². The van der Waals surface area contributed by atoms with Gasteiger partial charge in [0.2, 0.25) is 29.5 Å². The van der Waals surface area contributed by atoms with Crippen molar-refractivity contribution in [1.29, 1.82) is 0 Å². The molecule has 0 rings (SSSR count).